The number of carbonyl (C=O) groups is 2. The number of hydrogen-bond donors (Lipinski definition) is 0. The number of ketones is 1. The van der Waals surface area contributed by atoms with E-state index in [0.29, 0.717) is 27.3 Å². The lowest BCUT2D eigenvalue weighted by Crippen LogP contribution is -2.56. The summed E-state index contributed by atoms with van der Waals surface area (Å²) in [6, 6.07) is 8.80. The zero-order valence-corrected chi connectivity index (χ0v) is 16.6. The number of nitrogens with zero attached hydrogens (tertiary/aromatic N) is 1. The molecule has 1 fully saturated rings. The van der Waals surface area contributed by atoms with Gasteiger partial charge in [0.15, 0.2) is 0 Å². The number of ether oxygens (including phenoxy) is 1. The molecule has 0 aliphatic carbocycles. The van der Waals surface area contributed by atoms with Crippen molar-refractivity contribution in [1.82, 2.24) is 0 Å². The van der Waals surface area contributed by atoms with Gasteiger partial charge in [-0.05, 0) is 23.8 Å². The van der Waals surface area contributed by atoms with Gasteiger partial charge in [-0.15, -0.1) is 16.0 Å². The summed E-state index contributed by atoms with van der Waals surface area (Å²) in [5.41, 5.74) is 0.990. The Morgan fingerprint density at radius 1 is 1.00 bits per heavy atom. The normalized spacial score (nSPS) is 16.7. The molecule has 0 amide bonds. The lowest BCUT2D eigenvalue weighted by Gasteiger charge is -2.37. The number of Topliss-reactive ketones (excluding diaryl/α,β-unsaturated/α-hetero) is 1. The highest BCUT2D eigenvalue weighted by molar-refractivity contribution is 7.17. The molecule has 0 bridgehead atoms. The Hall–Kier alpha value is -2.44. The highest BCUT2D eigenvalue weighted by atomic mass is 32.1. The van der Waals surface area contributed by atoms with Gasteiger partial charge < -0.3 is 4.74 Å². The van der Waals surface area contributed by atoms with E-state index in [2.05, 4.69) is 0 Å². The van der Waals surface area contributed by atoms with E-state index in [0.717, 1.165) is 6.07 Å². The zero-order valence-electron chi connectivity index (χ0n) is 15.8. The summed E-state index contributed by atoms with van der Waals surface area (Å²) < 4.78 is 80.6. The predicted molar refractivity (Wildman–Crippen MR) is 96.8 cm³/mol. The van der Waals surface area contributed by atoms with Gasteiger partial charge in [0.05, 0.1) is 18.1 Å². The summed E-state index contributed by atoms with van der Waals surface area (Å²) in [4.78, 5) is 27.5. The number of alkyl halides is 6. The first kappa shape index (κ1) is 23.2. The molecule has 31 heavy (non-hydrogen) atoms. The Kier molecular flexibility index (Phi) is 6.44. The van der Waals surface area contributed by atoms with Crippen LogP contribution in [0.4, 0.5) is 26.3 Å². The molecule has 5 nitrogen and oxygen atoms in total. The van der Waals surface area contributed by atoms with Crippen LogP contribution in [0.25, 0.3) is 10.4 Å². The molecule has 0 atom stereocenters. The summed E-state index contributed by atoms with van der Waals surface area (Å²) >= 11 is 0.660. The average molecular weight is 468 g/mol. The third-order valence-corrected chi connectivity index (χ3v) is 5.70. The number of hydrogen-bond acceptors (Lipinski definition) is 5. The van der Waals surface area contributed by atoms with Crippen LogP contribution >= 0.6 is 11.3 Å². The van der Waals surface area contributed by atoms with Crippen LogP contribution in [-0.2, 0) is 20.9 Å². The predicted octanol–water partition coefficient (Wildman–Crippen LogP) is 4.53. The van der Waals surface area contributed by atoms with Gasteiger partial charge in [0.2, 0.25) is 0 Å². The van der Waals surface area contributed by atoms with Crippen LogP contribution in [0.3, 0.4) is 0 Å². The van der Waals surface area contributed by atoms with Crippen molar-refractivity contribution in [3.8, 4) is 10.4 Å². The smallest absolute Gasteiger partial charge is 0.369 e. The van der Waals surface area contributed by atoms with Gasteiger partial charge >= 0.3 is 18.3 Å². The molecular weight excluding hydrogens is 452 g/mol. The molecule has 1 saturated heterocycles. The van der Waals surface area contributed by atoms with Crippen LogP contribution in [0.15, 0.2) is 36.4 Å². The third-order valence-electron chi connectivity index (χ3n) is 4.56. The van der Waals surface area contributed by atoms with Crippen molar-refractivity contribution in [2.45, 2.75) is 18.9 Å². The molecule has 2 aromatic rings. The van der Waals surface area contributed by atoms with E-state index in [1.165, 1.54) is 6.07 Å². The topological polar surface area (TPSA) is 52.6 Å². The van der Waals surface area contributed by atoms with Gasteiger partial charge in [0.25, 0.3) is 5.78 Å². The Bertz CT molecular complexity index is 963. The van der Waals surface area contributed by atoms with Gasteiger partial charge in [-0.3, -0.25) is 9.63 Å². The van der Waals surface area contributed by atoms with Gasteiger partial charge in [0, 0.05) is 10.4 Å². The number of quaternary nitrogens is 1. The van der Waals surface area contributed by atoms with E-state index in [9.17, 15) is 35.9 Å². The molecule has 2 heterocycles. The van der Waals surface area contributed by atoms with Crippen molar-refractivity contribution in [2.24, 2.45) is 0 Å². The molecule has 12 heteroatoms. The Labute approximate surface area is 176 Å². The summed E-state index contributed by atoms with van der Waals surface area (Å²) in [6.07, 6.45) is -10.1. The van der Waals surface area contributed by atoms with Gasteiger partial charge in [-0.2, -0.15) is 26.3 Å². The van der Waals surface area contributed by atoms with Crippen LogP contribution in [0, 0.1) is 0 Å². The zero-order chi connectivity index (χ0) is 22.9. The second-order valence-corrected chi connectivity index (χ2v) is 7.93. The number of benzene rings is 1. The third kappa shape index (κ3) is 5.63. The molecule has 0 unspecified atom stereocenters. The average Bonchev–Trinajstić information content (AvgIpc) is 3.16. The first-order valence-electron chi connectivity index (χ1n) is 8.95. The fraction of sp³-hybridized carbons (Fsp3) is 0.368. The minimum Gasteiger partial charge on any atom is -0.369 e. The van der Waals surface area contributed by atoms with E-state index < -0.39 is 33.6 Å². The highest BCUT2D eigenvalue weighted by Crippen LogP contribution is 2.33. The molecule has 168 valence electrons. The Balaban J connectivity index is 1.84. The molecule has 1 aromatic carbocycles. The van der Waals surface area contributed by atoms with E-state index in [1.807, 2.05) is 0 Å². The monoisotopic (exact) mass is 468 g/mol. The summed E-state index contributed by atoms with van der Waals surface area (Å²) in [6.45, 7) is 0.126. The number of carbonyl (C=O) groups excluding carboxylic acids is 2. The van der Waals surface area contributed by atoms with Gasteiger partial charge in [-0.1, -0.05) is 18.2 Å². The molecule has 0 saturated carbocycles. The Morgan fingerprint density at radius 2 is 1.68 bits per heavy atom. The molecule has 1 aromatic heterocycles. The lowest BCUT2D eigenvalue weighted by atomic mass is 10.1. The maximum Gasteiger partial charge on any atom is 0.497 e. The second-order valence-electron chi connectivity index (χ2n) is 6.84. The minimum absolute atomic E-state index is 0.00921. The van der Waals surface area contributed by atoms with Crippen molar-refractivity contribution in [3.63, 3.8) is 0 Å². The highest BCUT2D eigenvalue weighted by Gasteiger charge is 2.48. The maximum atomic E-state index is 12.7. The molecule has 1 aliphatic rings. The quantitative estimate of drug-likeness (QED) is 0.368. The second kappa shape index (κ2) is 8.60. The van der Waals surface area contributed by atoms with Crippen LogP contribution < -0.4 is 0 Å². The molecule has 0 N–H and O–H groups in total. The lowest BCUT2D eigenvalue weighted by molar-refractivity contribution is -1.10. The van der Waals surface area contributed by atoms with E-state index in [4.69, 9.17) is 9.57 Å². The summed E-state index contributed by atoms with van der Waals surface area (Å²) in [7, 11) is 0. The summed E-state index contributed by atoms with van der Waals surface area (Å²) in [5, 5.41) is 0. The molecular formula is C19H16F6NO4S+. The number of rotatable bonds is 5. The van der Waals surface area contributed by atoms with Crippen LogP contribution in [0.2, 0.25) is 0 Å². The molecule has 0 radical (unpaired) electrons. The van der Waals surface area contributed by atoms with Crippen molar-refractivity contribution >= 4 is 23.1 Å². The molecule has 1 aliphatic heterocycles. The van der Waals surface area contributed by atoms with Gasteiger partial charge in [-0.25, -0.2) is 4.79 Å². The van der Waals surface area contributed by atoms with Crippen molar-refractivity contribution in [2.75, 3.05) is 26.3 Å². The van der Waals surface area contributed by atoms with Crippen LogP contribution in [0.5, 0.6) is 0 Å². The van der Waals surface area contributed by atoms with Gasteiger partial charge in [0.1, 0.15) is 19.6 Å². The largest absolute Gasteiger partial charge is 0.497 e. The fourth-order valence-corrected chi connectivity index (χ4v) is 4.06. The van der Waals surface area contributed by atoms with E-state index >= 15 is 0 Å². The molecule has 0 spiro atoms. The Morgan fingerprint density at radius 3 is 2.29 bits per heavy atom. The fourth-order valence-electron chi connectivity index (χ4n) is 3.10. The van der Waals surface area contributed by atoms with Crippen LogP contribution in [-0.4, -0.2) is 55.1 Å². The van der Waals surface area contributed by atoms with Crippen molar-refractivity contribution in [3.05, 3.63) is 46.8 Å². The molecule has 3 rings (SSSR count). The first-order valence-corrected chi connectivity index (χ1v) is 9.77. The number of halogens is 6. The van der Waals surface area contributed by atoms with E-state index in [-0.39, 0.29) is 32.8 Å². The maximum absolute atomic E-state index is 12.7. The number of hydroxylamine groups is 3. The summed E-state index contributed by atoms with van der Waals surface area (Å²) in [5.74, 6) is -4.25. The number of thiophene rings is 1. The van der Waals surface area contributed by atoms with Crippen molar-refractivity contribution in [1.29, 1.82) is 0 Å². The number of morpholine rings is 1. The van der Waals surface area contributed by atoms with Crippen LogP contribution in [0.1, 0.15) is 15.2 Å². The van der Waals surface area contributed by atoms with E-state index in [1.54, 1.807) is 24.3 Å². The SMILES string of the molecule is O=C(O[N+]1(Cc2cccc(-c3ccc(C(=O)C(F)(F)F)s3)c2)CCOCC1)C(F)(F)F. The first-order chi connectivity index (χ1) is 14.4. The van der Waals surface area contributed by atoms with Crippen molar-refractivity contribution < 1.29 is 50.2 Å². The standard InChI is InChI=1S/C19H16F6NO4S/c20-18(21,22)16(27)15-5-4-14(31-15)13-3-1-2-12(10-13)11-26(6-8-29-9-7-26)30-17(28)19(23,24)25/h1-5,10H,6-9,11H2/q+1. The minimum atomic E-state index is -5.15.